The monoisotopic (exact) mass is 358 g/mol. The number of oxime groups is 1. The van der Waals surface area contributed by atoms with Gasteiger partial charge in [0.05, 0.1) is 17.7 Å². The van der Waals surface area contributed by atoms with Gasteiger partial charge in [0.2, 0.25) is 5.60 Å². The normalized spacial score (nSPS) is 18.8. The number of methoxy groups -OCH3 is 1. The van der Waals surface area contributed by atoms with E-state index in [0.717, 1.165) is 0 Å². The molecule has 0 saturated carbocycles. The molecule has 2 aromatic rings. The topological polar surface area (TPSA) is 91.0 Å². The molecule has 0 spiro atoms. The van der Waals surface area contributed by atoms with Crippen LogP contribution in [0.5, 0.6) is 0 Å². The lowest BCUT2D eigenvalue weighted by atomic mass is 9.87. The van der Waals surface area contributed by atoms with Crippen LogP contribution >= 0.6 is 0 Å². The summed E-state index contributed by atoms with van der Waals surface area (Å²) in [6.07, 6.45) is -0.190. The average Bonchev–Trinajstić information content (AvgIpc) is 3.06. The second-order valence-electron chi connectivity index (χ2n) is 5.83. The Balaban J connectivity index is 1.95. The maximum Gasteiger partial charge on any atom is 0.353 e. The summed E-state index contributed by atoms with van der Waals surface area (Å²) in [5.74, 6) is -1.23. The lowest BCUT2D eigenvalue weighted by Crippen LogP contribution is -2.42. The first-order valence-electron chi connectivity index (χ1n) is 7.77. The van der Waals surface area contributed by atoms with E-state index in [0.29, 0.717) is 5.56 Å². The number of carbonyl (C=O) groups excluding carboxylic acids is 1. The van der Waals surface area contributed by atoms with Gasteiger partial charge in [0.25, 0.3) is 5.69 Å². The van der Waals surface area contributed by atoms with Crippen molar-refractivity contribution in [2.45, 2.75) is 18.4 Å². The van der Waals surface area contributed by atoms with E-state index in [1.54, 1.807) is 12.1 Å². The van der Waals surface area contributed by atoms with Crippen molar-refractivity contribution in [3.63, 3.8) is 0 Å². The predicted octanol–water partition coefficient (Wildman–Crippen LogP) is 3.01. The van der Waals surface area contributed by atoms with Crippen LogP contribution in [0.2, 0.25) is 0 Å². The molecule has 2 aromatic carbocycles. The Morgan fingerprint density at radius 1 is 1.31 bits per heavy atom. The molecule has 8 heteroatoms. The maximum absolute atomic E-state index is 14.0. The second-order valence-corrected chi connectivity index (χ2v) is 5.83. The van der Waals surface area contributed by atoms with Gasteiger partial charge in [-0.2, -0.15) is 0 Å². The van der Waals surface area contributed by atoms with E-state index in [9.17, 15) is 19.3 Å². The highest BCUT2D eigenvalue weighted by molar-refractivity contribution is 6.05. The van der Waals surface area contributed by atoms with Gasteiger partial charge in [-0.05, 0) is 6.07 Å². The van der Waals surface area contributed by atoms with E-state index in [1.807, 2.05) is 0 Å². The molecular formula is C18H15FN2O5. The summed E-state index contributed by atoms with van der Waals surface area (Å²) < 4.78 is 18.9. The van der Waals surface area contributed by atoms with Crippen LogP contribution in [0.1, 0.15) is 17.5 Å². The molecule has 0 bridgehead atoms. The summed E-state index contributed by atoms with van der Waals surface area (Å²) >= 11 is 0. The first-order chi connectivity index (χ1) is 12.5. The van der Waals surface area contributed by atoms with Crippen LogP contribution < -0.4 is 0 Å². The Kier molecular flexibility index (Phi) is 4.66. The van der Waals surface area contributed by atoms with E-state index in [4.69, 9.17) is 9.57 Å². The van der Waals surface area contributed by atoms with Gasteiger partial charge in [-0.3, -0.25) is 10.1 Å². The third-order valence-electron chi connectivity index (χ3n) is 4.19. The number of nitro groups is 1. The van der Waals surface area contributed by atoms with Crippen LogP contribution in [-0.4, -0.2) is 29.3 Å². The summed E-state index contributed by atoms with van der Waals surface area (Å²) in [4.78, 5) is 28.5. The number of hydrogen-bond donors (Lipinski definition) is 0. The van der Waals surface area contributed by atoms with Crippen LogP contribution in [0.15, 0.2) is 53.7 Å². The van der Waals surface area contributed by atoms with E-state index in [1.165, 1.54) is 43.5 Å². The van der Waals surface area contributed by atoms with Crippen LogP contribution in [0.25, 0.3) is 0 Å². The van der Waals surface area contributed by atoms with Gasteiger partial charge in [0.15, 0.2) is 0 Å². The Morgan fingerprint density at radius 3 is 2.69 bits per heavy atom. The number of esters is 1. The van der Waals surface area contributed by atoms with E-state index in [2.05, 4.69) is 5.16 Å². The Labute approximate surface area is 148 Å². The zero-order chi connectivity index (χ0) is 18.7. The molecule has 134 valence electrons. The van der Waals surface area contributed by atoms with Crippen LogP contribution in [0.3, 0.4) is 0 Å². The molecule has 0 aliphatic carbocycles. The zero-order valence-corrected chi connectivity index (χ0v) is 13.8. The molecule has 26 heavy (non-hydrogen) atoms. The summed E-state index contributed by atoms with van der Waals surface area (Å²) in [7, 11) is 1.19. The van der Waals surface area contributed by atoms with E-state index < -0.39 is 22.3 Å². The largest absolute Gasteiger partial charge is 0.466 e. The lowest BCUT2D eigenvalue weighted by Gasteiger charge is -2.23. The zero-order valence-electron chi connectivity index (χ0n) is 13.8. The number of hydrogen-bond acceptors (Lipinski definition) is 6. The number of ether oxygens (including phenoxy) is 1. The van der Waals surface area contributed by atoms with Gasteiger partial charge in [0, 0.05) is 30.0 Å². The molecule has 1 atom stereocenters. The third-order valence-corrected chi connectivity index (χ3v) is 4.19. The fourth-order valence-electron chi connectivity index (χ4n) is 2.93. The minimum Gasteiger partial charge on any atom is -0.466 e. The molecule has 0 N–H and O–H groups in total. The number of halogens is 1. The highest BCUT2D eigenvalue weighted by Gasteiger charge is 2.49. The van der Waals surface area contributed by atoms with Crippen LogP contribution in [0, 0.1) is 15.9 Å². The summed E-state index contributed by atoms with van der Waals surface area (Å²) in [6, 6.07) is 12.0. The third kappa shape index (κ3) is 3.13. The first kappa shape index (κ1) is 17.5. The van der Waals surface area contributed by atoms with Crippen LogP contribution in [-0.2, 0) is 20.8 Å². The number of rotatable bonds is 5. The minimum absolute atomic E-state index is 0.0628. The summed E-state index contributed by atoms with van der Waals surface area (Å²) in [5, 5.41) is 15.1. The standard InChI is InChI=1S/C18H15FN2O5/c1-25-17(22)18(10-12-6-2-5-9-16(12)21(23)24)11-15(20-26-18)13-7-3-4-8-14(13)19/h2-9H,10-11H2,1H3. The molecule has 1 heterocycles. The number of nitro benzene ring substituents is 1. The van der Waals surface area contributed by atoms with E-state index >= 15 is 0 Å². The Bertz CT molecular complexity index is 899. The van der Waals surface area contributed by atoms with Crippen molar-refractivity contribution in [3.05, 3.63) is 75.6 Å². The van der Waals surface area contributed by atoms with E-state index in [-0.39, 0.29) is 29.8 Å². The smallest absolute Gasteiger partial charge is 0.353 e. The van der Waals surface area contributed by atoms with Crippen LogP contribution in [0.4, 0.5) is 10.1 Å². The second kappa shape index (κ2) is 6.91. The summed E-state index contributed by atoms with van der Waals surface area (Å²) in [5.41, 5.74) is -0.974. The highest BCUT2D eigenvalue weighted by Crippen LogP contribution is 2.34. The van der Waals surface area contributed by atoms with Gasteiger partial charge in [-0.15, -0.1) is 0 Å². The average molecular weight is 358 g/mol. The molecule has 1 unspecified atom stereocenters. The van der Waals surface area contributed by atoms with Gasteiger partial charge in [0.1, 0.15) is 5.82 Å². The maximum atomic E-state index is 14.0. The van der Waals surface area contributed by atoms with Crippen molar-refractivity contribution in [1.82, 2.24) is 0 Å². The fraction of sp³-hybridized carbons (Fsp3) is 0.222. The molecule has 3 rings (SSSR count). The van der Waals surface area contributed by atoms with Crippen molar-refractivity contribution < 1.29 is 23.7 Å². The molecule has 7 nitrogen and oxygen atoms in total. The molecular weight excluding hydrogens is 343 g/mol. The van der Waals surface area contributed by atoms with Crippen molar-refractivity contribution in [3.8, 4) is 0 Å². The highest BCUT2D eigenvalue weighted by atomic mass is 19.1. The van der Waals surface area contributed by atoms with Gasteiger partial charge in [-0.25, -0.2) is 9.18 Å². The van der Waals surface area contributed by atoms with Crippen molar-refractivity contribution in [2.24, 2.45) is 5.16 Å². The molecule has 0 aromatic heterocycles. The first-order valence-corrected chi connectivity index (χ1v) is 7.77. The molecule has 1 aliphatic heterocycles. The number of nitrogens with zero attached hydrogens (tertiary/aromatic N) is 2. The Hall–Kier alpha value is -3.29. The summed E-state index contributed by atoms with van der Waals surface area (Å²) in [6.45, 7) is 0. The van der Waals surface area contributed by atoms with Gasteiger partial charge in [-0.1, -0.05) is 41.6 Å². The molecule has 1 aliphatic rings. The fourth-order valence-corrected chi connectivity index (χ4v) is 2.93. The minimum atomic E-state index is -1.58. The van der Waals surface area contributed by atoms with Crippen molar-refractivity contribution in [1.29, 1.82) is 0 Å². The van der Waals surface area contributed by atoms with Crippen molar-refractivity contribution in [2.75, 3.05) is 7.11 Å². The molecule has 0 radical (unpaired) electrons. The molecule has 0 amide bonds. The van der Waals surface area contributed by atoms with Gasteiger partial charge < -0.3 is 9.57 Å². The lowest BCUT2D eigenvalue weighted by molar-refractivity contribution is -0.385. The van der Waals surface area contributed by atoms with Gasteiger partial charge >= 0.3 is 5.97 Å². The quantitative estimate of drug-likeness (QED) is 0.465. The molecule has 0 saturated heterocycles. The Morgan fingerprint density at radius 2 is 2.00 bits per heavy atom. The number of benzene rings is 2. The van der Waals surface area contributed by atoms with Crippen molar-refractivity contribution >= 4 is 17.4 Å². The predicted molar refractivity (Wildman–Crippen MR) is 90.2 cm³/mol. The number of carbonyl (C=O) groups is 1. The molecule has 0 fully saturated rings. The SMILES string of the molecule is COC(=O)C1(Cc2ccccc2[N+](=O)[O-])CC(c2ccccc2F)=NO1. The number of para-hydroxylation sites is 1.